The van der Waals surface area contributed by atoms with Crippen molar-refractivity contribution >= 4 is 51.7 Å². The van der Waals surface area contributed by atoms with Crippen LogP contribution in [0.1, 0.15) is 0 Å². The lowest BCUT2D eigenvalue weighted by Gasteiger charge is -1.92. The van der Waals surface area contributed by atoms with Crippen molar-refractivity contribution in [1.82, 2.24) is 9.97 Å². The molecule has 0 spiro atoms. The fourth-order valence-electron chi connectivity index (χ4n) is 0.829. The van der Waals surface area contributed by atoms with E-state index in [9.17, 15) is 0 Å². The van der Waals surface area contributed by atoms with E-state index in [1.54, 1.807) is 26.6 Å². The monoisotopic (exact) mass is 294 g/mol. The Morgan fingerprint density at radius 2 is 2.36 bits per heavy atom. The van der Waals surface area contributed by atoms with E-state index in [1.807, 2.05) is 5.38 Å². The maximum absolute atomic E-state index is 4.15. The molecular formula is C6H3IN2S2. The minimum atomic E-state index is 1.05. The molecule has 0 radical (unpaired) electrons. The van der Waals surface area contributed by atoms with Crippen molar-refractivity contribution < 1.29 is 0 Å². The Hall–Kier alpha value is 0.120. The van der Waals surface area contributed by atoms with Gasteiger partial charge in [-0.3, -0.25) is 0 Å². The molecule has 5 heteroatoms. The van der Waals surface area contributed by atoms with Gasteiger partial charge in [-0.1, -0.05) is 0 Å². The maximum atomic E-state index is 4.15. The van der Waals surface area contributed by atoms with Crippen LogP contribution < -0.4 is 0 Å². The van der Waals surface area contributed by atoms with Gasteiger partial charge in [0.25, 0.3) is 0 Å². The summed E-state index contributed by atoms with van der Waals surface area (Å²) in [5.41, 5.74) is 0. The summed E-state index contributed by atoms with van der Waals surface area (Å²) in [6.45, 7) is 0. The van der Waals surface area contributed by atoms with E-state index >= 15 is 0 Å². The zero-order valence-electron chi connectivity index (χ0n) is 5.32. The highest BCUT2D eigenvalue weighted by molar-refractivity contribution is 14.2. The number of hydrogen-bond acceptors (Lipinski definition) is 4. The Labute approximate surface area is 84.0 Å². The third kappa shape index (κ3) is 1.36. The Balaban J connectivity index is 2.79. The van der Waals surface area contributed by atoms with Crippen LogP contribution in [0.25, 0.3) is 10.2 Å². The zero-order valence-corrected chi connectivity index (χ0v) is 9.11. The minimum absolute atomic E-state index is 1.05. The highest BCUT2D eigenvalue weighted by Crippen LogP contribution is 2.31. The molecule has 0 aliphatic heterocycles. The molecule has 0 atom stereocenters. The Kier molecular flexibility index (Phi) is 2.28. The van der Waals surface area contributed by atoms with E-state index in [0.717, 1.165) is 15.2 Å². The van der Waals surface area contributed by atoms with Crippen LogP contribution in [0.5, 0.6) is 0 Å². The quantitative estimate of drug-likeness (QED) is 0.597. The SMILES string of the molecule is ISc1ncnc2sccc12. The largest absolute Gasteiger partial charge is 0.228 e. The van der Waals surface area contributed by atoms with E-state index < -0.39 is 0 Å². The first-order valence-corrected chi connectivity index (χ1v) is 7.12. The Bertz CT molecular complexity index is 373. The van der Waals surface area contributed by atoms with Crippen LogP contribution in [-0.2, 0) is 0 Å². The highest BCUT2D eigenvalue weighted by atomic mass is 127. The molecule has 2 nitrogen and oxygen atoms in total. The molecule has 0 aliphatic carbocycles. The van der Waals surface area contributed by atoms with Crippen molar-refractivity contribution in [3.05, 3.63) is 17.8 Å². The van der Waals surface area contributed by atoms with E-state index in [0.29, 0.717) is 0 Å². The van der Waals surface area contributed by atoms with Gasteiger partial charge in [0.2, 0.25) is 0 Å². The molecule has 0 unspecified atom stereocenters. The van der Waals surface area contributed by atoms with E-state index in [1.165, 1.54) is 0 Å². The fourth-order valence-corrected chi connectivity index (χ4v) is 3.01. The number of hydrogen-bond donors (Lipinski definition) is 0. The molecular weight excluding hydrogens is 291 g/mol. The summed E-state index contributed by atoms with van der Waals surface area (Å²) >= 11 is 3.88. The van der Waals surface area contributed by atoms with Gasteiger partial charge >= 0.3 is 0 Å². The second kappa shape index (κ2) is 3.24. The number of nitrogens with zero attached hydrogens (tertiary/aromatic N) is 2. The van der Waals surface area contributed by atoms with Crippen molar-refractivity contribution in [3.8, 4) is 0 Å². The van der Waals surface area contributed by atoms with Gasteiger partial charge in [-0.2, -0.15) is 0 Å². The van der Waals surface area contributed by atoms with Gasteiger partial charge in [0.05, 0.1) is 0 Å². The first-order valence-electron chi connectivity index (χ1n) is 2.88. The van der Waals surface area contributed by atoms with Gasteiger partial charge in [-0.05, 0) is 20.4 Å². The molecule has 0 amide bonds. The van der Waals surface area contributed by atoms with Gasteiger partial charge in [0.15, 0.2) is 0 Å². The van der Waals surface area contributed by atoms with Gasteiger partial charge in [-0.15, -0.1) is 11.3 Å². The maximum Gasteiger partial charge on any atom is 0.127 e. The number of halogens is 1. The predicted octanol–water partition coefficient (Wildman–Crippen LogP) is 3.13. The average molecular weight is 294 g/mol. The molecule has 0 fully saturated rings. The molecule has 0 saturated heterocycles. The van der Waals surface area contributed by atoms with Gasteiger partial charge in [-0.25, -0.2) is 9.97 Å². The van der Waals surface area contributed by atoms with Crippen LogP contribution in [0.2, 0.25) is 0 Å². The van der Waals surface area contributed by atoms with Crippen LogP contribution in [0, 0.1) is 0 Å². The average Bonchev–Trinajstić information content (AvgIpc) is 2.50. The number of thiophene rings is 1. The van der Waals surface area contributed by atoms with Gasteiger partial charge in [0.1, 0.15) is 16.2 Å². The molecule has 11 heavy (non-hydrogen) atoms. The van der Waals surface area contributed by atoms with Crippen LogP contribution in [0.4, 0.5) is 0 Å². The third-order valence-electron chi connectivity index (χ3n) is 1.30. The highest BCUT2D eigenvalue weighted by Gasteiger charge is 2.02. The number of aromatic nitrogens is 2. The fraction of sp³-hybridized carbons (Fsp3) is 0. The summed E-state index contributed by atoms with van der Waals surface area (Å²) in [6, 6.07) is 2.06. The number of rotatable bonds is 1. The zero-order chi connectivity index (χ0) is 7.68. The molecule has 2 rings (SSSR count). The summed E-state index contributed by atoms with van der Waals surface area (Å²) in [7, 11) is 1.63. The predicted molar refractivity (Wildman–Crippen MR) is 57.3 cm³/mol. The van der Waals surface area contributed by atoms with Crippen molar-refractivity contribution in [2.45, 2.75) is 5.03 Å². The van der Waals surface area contributed by atoms with E-state index in [2.05, 4.69) is 37.2 Å². The molecule has 56 valence electrons. The third-order valence-corrected chi connectivity index (χ3v) is 3.84. The van der Waals surface area contributed by atoms with Crippen LogP contribution in [0.3, 0.4) is 0 Å². The van der Waals surface area contributed by atoms with Gasteiger partial charge < -0.3 is 0 Å². The van der Waals surface area contributed by atoms with Crippen molar-refractivity contribution in [3.63, 3.8) is 0 Å². The standard InChI is InChI=1S/C6H3IN2S2/c7-11-6-4-1-2-10-5(4)8-3-9-6/h1-3H. The van der Waals surface area contributed by atoms with Crippen molar-refractivity contribution in [2.24, 2.45) is 0 Å². The first kappa shape index (κ1) is 7.75. The second-order valence-corrected chi connectivity index (χ2v) is 4.65. The Morgan fingerprint density at radius 1 is 1.45 bits per heavy atom. The molecule has 2 aromatic heterocycles. The summed E-state index contributed by atoms with van der Waals surface area (Å²) in [5, 5.41) is 4.25. The first-order chi connectivity index (χ1) is 5.42. The molecule has 0 aromatic carbocycles. The topological polar surface area (TPSA) is 25.8 Å². The lowest BCUT2D eigenvalue weighted by atomic mass is 10.4. The molecule has 2 heterocycles. The molecule has 0 bridgehead atoms. The summed E-state index contributed by atoms with van der Waals surface area (Å²) in [6.07, 6.45) is 1.61. The van der Waals surface area contributed by atoms with Crippen LogP contribution >= 0.6 is 41.5 Å². The Morgan fingerprint density at radius 3 is 3.18 bits per heavy atom. The summed E-state index contributed by atoms with van der Waals surface area (Å²) < 4.78 is 0. The van der Waals surface area contributed by atoms with Gasteiger partial charge in [0, 0.05) is 26.6 Å². The smallest absolute Gasteiger partial charge is 0.127 e. The van der Waals surface area contributed by atoms with E-state index in [-0.39, 0.29) is 0 Å². The van der Waals surface area contributed by atoms with E-state index in [4.69, 9.17) is 0 Å². The molecule has 0 N–H and O–H groups in total. The molecule has 0 saturated carbocycles. The lowest BCUT2D eigenvalue weighted by Crippen LogP contribution is -1.79. The lowest BCUT2D eigenvalue weighted by molar-refractivity contribution is 1.11. The summed E-state index contributed by atoms with van der Waals surface area (Å²) in [5.74, 6) is 0. The molecule has 0 aliphatic rings. The number of fused-ring (bicyclic) bond motifs is 1. The van der Waals surface area contributed by atoms with Crippen molar-refractivity contribution in [1.29, 1.82) is 0 Å². The van der Waals surface area contributed by atoms with Crippen LogP contribution in [-0.4, -0.2) is 9.97 Å². The normalized spacial score (nSPS) is 10.6. The second-order valence-electron chi connectivity index (χ2n) is 1.90. The molecule has 2 aromatic rings. The van der Waals surface area contributed by atoms with Crippen LogP contribution in [0.15, 0.2) is 22.8 Å². The van der Waals surface area contributed by atoms with Crippen molar-refractivity contribution in [2.75, 3.05) is 0 Å². The summed E-state index contributed by atoms with van der Waals surface area (Å²) in [4.78, 5) is 9.36. The minimum Gasteiger partial charge on any atom is -0.228 e.